The number of allylic oxidation sites excluding steroid dienone is 8. The summed E-state index contributed by atoms with van der Waals surface area (Å²) >= 11 is 0. The van der Waals surface area contributed by atoms with E-state index >= 15 is 0 Å². The molecule has 2 atom stereocenters. The Morgan fingerprint density at radius 3 is 0.918 bits per heavy atom. The van der Waals surface area contributed by atoms with Crippen molar-refractivity contribution < 1.29 is 24.5 Å². The van der Waals surface area contributed by atoms with Gasteiger partial charge in [0.2, 0.25) is 5.91 Å². The molecule has 0 aromatic rings. The van der Waals surface area contributed by atoms with Crippen LogP contribution in [0.4, 0.5) is 0 Å². The monoisotopic (exact) mass is 1190 g/mol. The van der Waals surface area contributed by atoms with Crippen LogP contribution in [0.5, 0.6) is 0 Å². The highest BCUT2D eigenvalue weighted by atomic mass is 16.5. The van der Waals surface area contributed by atoms with Gasteiger partial charge in [-0.15, -0.1) is 0 Å². The molecule has 3 N–H and O–H groups in total. The Morgan fingerprint density at radius 2 is 0.588 bits per heavy atom. The second-order valence-corrected chi connectivity index (χ2v) is 26.3. The number of rotatable bonds is 72. The van der Waals surface area contributed by atoms with E-state index in [1.54, 1.807) is 0 Å². The van der Waals surface area contributed by atoms with Crippen molar-refractivity contribution >= 4 is 11.9 Å². The Bertz CT molecular complexity index is 1420. The van der Waals surface area contributed by atoms with Gasteiger partial charge in [-0.1, -0.05) is 364 Å². The number of aliphatic hydroxyl groups is 2. The largest absolute Gasteiger partial charge is 0.466 e. The maximum atomic E-state index is 12.5. The average Bonchev–Trinajstić information content (AvgIpc) is 3.52. The lowest BCUT2D eigenvalue weighted by atomic mass is 10.0. The minimum Gasteiger partial charge on any atom is -0.466 e. The topological polar surface area (TPSA) is 95.9 Å². The second kappa shape index (κ2) is 74.3. The summed E-state index contributed by atoms with van der Waals surface area (Å²) in [5.41, 5.74) is 0. The van der Waals surface area contributed by atoms with Gasteiger partial charge in [-0.3, -0.25) is 9.59 Å². The average molecular weight is 1190 g/mol. The summed E-state index contributed by atoms with van der Waals surface area (Å²) < 4.78 is 5.50. The third-order valence-electron chi connectivity index (χ3n) is 17.9. The van der Waals surface area contributed by atoms with Gasteiger partial charge in [-0.2, -0.15) is 0 Å². The molecule has 2 unspecified atom stereocenters. The first kappa shape index (κ1) is 82.8. The molecule has 500 valence electrons. The Kier molecular flexibility index (Phi) is 72.4. The number of nitrogens with one attached hydrogen (secondary N) is 1. The number of hydrogen-bond acceptors (Lipinski definition) is 5. The van der Waals surface area contributed by atoms with E-state index in [1.165, 1.54) is 327 Å². The van der Waals surface area contributed by atoms with Crippen molar-refractivity contribution in [2.45, 2.75) is 431 Å². The molecule has 0 heterocycles. The van der Waals surface area contributed by atoms with E-state index in [4.69, 9.17) is 4.74 Å². The molecule has 6 nitrogen and oxygen atoms in total. The molecule has 0 bridgehead atoms. The van der Waals surface area contributed by atoms with Crippen molar-refractivity contribution in [1.29, 1.82) is 0 Å². The van der Waals surface area contributed by atoms with Crippen LogP contribution < -0.4 is 5.32 Å². The van der Waals surface area contributed by atoms with Crippen LogP contribution in [0.15, 0.2) is 48.6 Å². The van der Waals surface area contributed by atoms with E-state index in [9.17, 15) is 19.8 Å². The molecule has 0 saturated carbocycles. The standard InChI is InChI=1S/C79H149NO5/c1-3-5-7-9-11-13-15-17-18-42-46-49-53-57-61-65-69-73-79(84)85-74-70-66-62-58-54-50-47-44-41-39-37-35-33-31-29-27-25-23-21-19-20-22-24-26-28-30-32-34-36-38-40-43-45-48-52-56-60-64-68-72-78(83)80-76(75-81)77(82)71-67-63-59-55-51-16-14-12-10-8-6-4-2/h11,13,17-20,23,25,76-77,81-82H,3-10,12,14-16,21-22,24,26-75H2,1-2H3,(H,80,83)/b13-11-,18-17-,20-19-,25-23-. The highest BCUT2D eigenvalue weighted by Gasteiger charge is 2.20. The van der Waals surface area contributed by atoms with Gasteiger partial charge in [-0.05, 0) is 89.9 Å². The van der Waals surface area contributed by atoms with Gasteiger partial charge in [0, 0.05) is 12.8 Å². The van der Waals surface area contributed by atoms with Crippen molar-refractivity contribution in [2.24, 2.45) is 0 Å². The molecule has 0 saturated heterocycles. The Hall–Kier alpha value is -2.18. The SMILES string of the molecule is CCCCC/C=C\C/C=C\CCCCCCCCCC(=O)OCCCCCCCCCCCCCCCCC/C=C\C/C=C\CCCCCCCCCCCCCCCCCCCC(=O)NC(CO)C(O)CCCCCCCCCCCCCC. The number of ether oxygens (including phenoxy) is 1. The van der Waals surface area contributed by atoms with Gasteiger partial charge in [0.25, 0.3) is 0 Å². The Labute approximate surface area is 531 Å². The molecule has 0 aliphatic rings. The normalized spacial score (nSPS) is 12.8. The molecular formula is C79H149NO5. The van der Waals surface area contributed by atoms with Crippen molar-refractivity contribution in [3.8, 4) is 0 Å². The molecule has 0 aromatic carbocycles. The molecule has 0 aliphatic carbocycles. The van der Waals surface area contributed by atoms with Gasteiger partial charge in [0.05, 0.1) is 25.4 Å². The van der Waals surface area contributed by atoms with E-state index in [0.717, 1.165) is 57.8 Å². The maximum Gasteiger partial charge on any atom is 0.305 e. The lowest BCUT2D eigenvalue weighted by Gasteiger charge is -2.22. The molecule has 0 radical (unpaired) electrons. The van der Waals surface area contributed by atoms with Gasteiger partial charge >= 0.3 is 5.97 Å². The van der Waals surface area contributed by atoms with E-state index in [-0.39, 0.29) is 18.5 Å². The summed E-state index contributed by atoms with van der Waals surface area (Å²) in [6.07, 6.45) is 97.7. The third-order valence-corrected chi connectivity index (χ3v) is 17.9. The van der Waals surface area contributed by atoms with Crippen LogP contribution in [0.25, 0.3) is 0 Å². The molecule has 0 fully saturated rings. The third kappa shape index (κ3) is 70.8. The van der Waals surface area contributed by atoms with Gasteiger partial charge in [-0.25, -0.2) is 0 Å². The van der Waals surface area contributed by atoms with Gasteiger partial charge in [0.15, 0.2) is 0 Å². The van der Waals surface area contributed by atoms with Crippen LogP contribution in [-0.2, 0) is 14.3 Å². The highest BCUT2D eigenvalue weighted by Crippen LogP contribution is 2.19. The van der Waals surface area contributed by atoms with Crippen LogP contribution >= 0.6 is 0 Å². The maximum absolute atomic E-state index is 12.5. The quantitative estimate of drug-likeness (QED) is 0.0320. The number of aliphatic hydroxyl groups excluding tert-OH is 2. The zero-order valence-corrected chi connectivity index (χ0v) is 57.4. The first-order valence-corrected chi connectivity index (χ1v) is 38.4. The van der Waals surface area contributed by atoms with Crippen molar-refractivity contribution in [1.82, 2.24) is 5.32 Å². The van der Waals surface area contributed by atoms with E-state index in [1.807, 2.05) is 0 Å². The Morgan fingerprint density at radius 1 is 0.329 bits per heavy atom. The lowest BCUT2D eigenvalue weighted by Crippen LogP contribution is -2.45. The summed E-state index contributed by atoms with van der Waals surface area (Å²) in [4.78, 5) is 24.6. The fraction of sp³-hybridized carbons (Fsp3) is 0.873. The van der Waals surface area contributed by atoms with E-state index in [2.05, 4.69) is 67.8 Å². The first-order valence-electron chi connectivity index (χ1n) is 38.4. The molecule has 0 rings (SSSR count). The van der Waals surface area contributed by atoms with E-state index < -0.39 is 12.1 Å². The highest BCUT2D eigenvalue weighted by molar-refractivity contribution is 5.76. The van der Waals surface area contributed by atoms with Crippen LogP contribution in [0, 0.1) is 0 Å². The number of esters is 1. The Balaban J connectivity index is 3.34. The van der Waals surface area contributed by atoms with Crippen molar-refractivity contribution in [3.05, 3.63) is 48.6 Å². The summed E-state index contributed by atoms with van der Waals surface area (Å²) in [6, 6.07) is -0.538. The fourth-order valence-corrected chi connectivity index (χ4v) is 12.0. The molecule has 0 aromatic heterocycles. The molecule has 0 aliphatic heterocycles. The second-order valence-electron chi connectivity index (χ2n) is 26.3. The van der Waals surface area contributed by atoms with Crippen LogP contribution in [0.1, 0.15) is 418 Å². The van der Waals surface area contributed by atoms with Crippen LogP contribution in [0.3, 0.4) is 0 Å². The van der Waals surface area contributed by atoms with Crippen LogP contribution in [-0.4, -0.2) is 47.4 Å². The van der Waals surface area contributed by atoms with E-state index in [0.29, 0.717) is 25.9 Å². The molecule has 85 heavy (non-hydrogen) atoms. The predicted octanol–water partition coefficient (Wildman–Crippen LogP) is 25.2. The predicted molar refractivity (Wildman–Crippen MR) is 375 cm³/mol. The van der Waals surface area contributed by atoms with Crippen molar-refractivity contribution in [3.63, 3.8) is 0 Å². The summed E-state index contributed by atoms with van der Waals surface area (Å²) in [5, 5.41) is 23.3. The first-order chi connectivity index (χ1) is 42.0. The van der Waals surface area contributed by atoms with Gasteiger partial charge < -0.3 is 20.3 Å². The smallest absolute Gasteiger partial charge is 0.305 e. The minimum absolute atomic E-state index is 0.0128. The summed E-state index contributed by atoms with van der Waals surface area (Å²) in [5.74, 6) is -0.0178. The number of unbranched alkanes of at least 4 members (excludes halogenated alkanes) is 53. The van der Waals surface area contributed by atoms with Gasteiger partial charge in [0.1, 0.15) is 0 Å². The summed E-state index contributed by atoms with van der Waals surface area (Å²) in [6.45, 7) is 4.95. The molecule has 0 spiro atoms. The minimum atomic E-state index is -0.661. The van der Waals surface area contributed by atoms with Crippen molar-refractivity contribution in [2.75, 3.05) is 13.2 Å². The number of carbonyl (C=O) groups is 2. The molecule has 6 heteroatoms. The summed E-state index contributed by atoms with van der Waals surface area (Å²) in [7, 11) is 0. The lowest BCUT2D eigenvalue weighted by molar-refractivity contribution is -0.143. The zero-order valence-electron chi connectivity index (χ0n) is 57.4. The fourth-order valence-electron chi connectivity index (χ4n) is 12.0. The number of carbonyl (C=O) groups excluding carboxylic acids is 2. The number of hydrogen-bond donors (Lipinski definition) is 3. The zero-order chi connectivity index (χ0) is 61.3. The van der Waals surface area contributed by atoms with Crippen LogP contribution in [0.2, 0.25) is 0 Å². The molecular weight excluding hydrogens is 1040 g/mol. The number of amides is 1. The molecule has 1 amide bonds.